The maximum absolute atomic E-state index is 7.11. The predicted molar refractivity (Wildman–Crippen MR) is 177 cm³/mol. The summed E-state index contributed by atoms with van der Waals surface area (Å²) >= 11 is 0. The smallest absolute Gasteiger partial charge is 0.132 e. The first-order chi connectivity index (χ1) is 21.2. The molecule has 8 fully saturated rings. The van der Waals surface area contributed by atoms with Gasteiger partial charge >= 0.3 is 0 Å². The maximum Gasteiger partial charge on any atom is 0.132 e. The molecule has 44 heavy (non-hydrogen) atoms. The highest BCUT2D eigenvalue weighted by Crippen LogP contribution is 2.65. The van der Waals surface area contributed by atoms with E-state index in [-0.39, 0.29) is 10.8 Å². The largest absolute Gasteiger partial charge is 0.457 e. The summed E-state index contributed by atoms with van der Waals surface area (Å²) in [6.07, 6.45) is 16.2. The molecule has 4 N–H and O–H groups in total. The van der Waals surface area contributed by atoms with Crippen LogP contribution in [-0.4, -0.2) is 0 Å². The van der Waals surface area contributed by atoms with E-state index < -0.39 is 0 Å². The highest BCUT2D eigenvalue weighted by Gasteiger charge is 2.55. The molecular formula is C40H48N2O2. The minimum Gasteiger partial charge on any atom is -0.457 e. The molecule has 4 nitrogen and oxygen atoms in total. The number of hydrogen-bond acceptors (Lipinski definition) is 4. The number of benzene rings is 3. The lowest BCUT2D eigenvalue weighted by Crippen LogP contribution is -2.49. The van der Waals surface area contributed by atoms with E-state index in [1.807, 2.05) is 24.3 Å². The van der Waals surface area contributed by atoms with Crippen LogP contribution in [0.25, 0.3) is 0 Å². The summed E-state index contributed by atoms with van der Waals surface area (Å²) in [6, 6.07) is 17.1. The maximum atomic E-state index is 7.11. The van der Waals surface area contributed by atoms with E-state index in [4.69, 9.17) is 20.9 Å². The number of aryl methyl sites for hydroxylation is 2. The molecule has 3 aromatic rings. The summed E-state index contributed by atoms with van der Waals surface area (Å²) in [5.41, 5.74) is 19.5. The summed E-state index contributed by atoms with van der Waals surface area (Å²) in [4.78, 5) is 0. The minimum atomic E-state index is 0.154. The Bertz CT molecular complexity index is 1450. The molecule has 0 spiro atoms. The van der Waals surface area contributed by atoms with Gasteiger partial charge in [-0.05, 0) is 173 Å². The van der Waals surface area contributed by atoms with Crippen molar-refractivity contribution in [2.24, 2.45) is 35.5 Å². The lowest BCUT2D eigenvalue weighted by Gasteiger charge is -2.58. The van der Waals surface area contributed by atoms with Gasteiger partial charge in [0.2, 0.25) is 0 Å². The third-order valence-electron chi connectivity index (χ3n) is 13.2. The second-order valence-electron chi connectivity index (χ2n) is 16.5. The molecule has 8 aliphatic rings. The van der Waals surface area contributed by atoms with Crippen molar-refractivity contribution in [1.29, 1.82) is 0 Å². The molecule has 0 heterocycles. The van der Waals surface area contributed by atoms with E-state index in [1.165, 1.54) is 88.2 Å². The van der Waals surface area contributed by atoms with E-state index in [9.17, 15) is 0 Å². The Morgan fingerprint density at radius 3 is 1.11 bits per heavy atom. The van der Waals surface area contributed by atoms with Gasteiger partial charge < -0.3 is 20.9 Å². The van der Waals surface area contributed by atoms with E-state index >= 15 is 0 Å². The summed E-state index contributed by atoms with van der Waals surface area (Å²) in [6.45, 7) is 4.28. The zero-order valence-electron chi connectivity index (χ0n) is 26.5. The molecule has 230 valence electrons. The molecular weight excluding hydrogens is 540 g/mol. The van der Waals surface area contributed by atoms with E-state index in [1.54, 1.807) is 0 Å². The Morgan fingerprint density at radius 2 is 0.795 bits per heavy atom. The predicted octanol–water partition coefficient (Wildman–Crippen LogP) is 9.99. The Labute approximate surface area is 262 Å². The van der Waals surface area contributed by atoms with Crippen molar-refractivity contribution in [2.45, 2.75) is 102 Å². The molecule has 0 saturated heterocycles. The van der Waals surface area contributed by atoms with Crippen molar-refractivity contribution in [3.8, 4) is 23.0 Å². The summed E-state index contributed by atoms with van der Waals surface area (Å²) in [5.74, 6) is 8.92. The third kappa shape index (κ3) is 4.37. The topological polar surface area (TPSA) is 70.5 Å². The van der Waals surface area contributed by atoms with Crippen molar-refractivity contribution in [3.63, 3.8) is 0 Å². The average Bonchev–Trinajstić information content (AvgIpc) is 2.96. The molecule has 4 heteroatoms. The first kappa shape index (κ1) is 27.2. The molecule has 8 saturated carbocycles. The van der Waals surface area contributed by atoms with Gasteiger partial charge in [-0.2, -0.15) is 0 Å². The second-order valence-corrected chi connectivity index (χ2v) is 16.5. The number of ether oxygens (including phenoxy) is 2. The van der Waals surface area contributed by atoms with Gasteiger partial charge in [-0.25, -0.2) is 0 Å². The fraction of sp³-hybridized carbons (Fsp3) is 0.550. The highest BCUT2D eigenvalue weighted by molar-refractivity contribution is 5.59. The van der Waals surface area contributed by atoms with Gasteiger partial charge in [0.1, 0.15) is 23.0 Å². The summed E-state index contributed by atoms with van der Waals surface area (Å²) in [7, 11) is 0. The Kier molecular flexibility index (Phi) is 5.98. The first-order valence-corrected chi connectivity index (χ1v) is 17.5. The van der Waals surface area contributed by atoms with Crippen LogP contribution in [0.15, 0.2) is 48.5 Å². The van der Waals surface area contributed by atoms with E-state index in [0.29, 0.717) is 0 Å². The van der Waals surface area contributed by atoms with Gasteiger partial charge in [0.15, 0.2) is 0 Å². The lowest BCUT2D eigenvalue weighted by molar-refractivity contribution is -0.00824. The molecule has 8 aliphatic carbocycles. The Morgan fingerprint density at radius 1 is 0.477 bits per heavy atom. The number of nitrogens with two attached hydrogens (primary N) is 2. The van der Waals surface area contributed by atoms with Crippen LogP contribution < -0.4 is 20.9 Å². The van der Waals surface area contributed by atoms with Crippen LogP contribution >= 0.6 is 0 Å². The lowest BCUT2D eigenvalue weighted by atomic mass is 9.47. The molecule has 11 rings (SSSR count). The highest BCUT2D eigenvalue weighted by atomic mass is 16.5. The molecule has 0 aromatic heterocycles. The molecule has 0 atom stereocenters. The van der Waals surface area contributed by atoms with Gasteiger partial charge in [-0.3, -0.25) is 0 Å². The standard InChI is InChI=1S/C40H48N2O2/c1-23-3-5-31(41)13-35(23)43-37-15-34(40-20-28-10-29(21-40)12-30(11-28)22-40)38(44-36-14-32(42)6-4-24(36)2)16-33(37)39-17-25-7-26(18-39)9-27(8-25)19-39/h3-6,13-16,25-30H,7-12,17-22,41-42H2,1-2H3. The molecule has 0 radical (unpaired) electrons. The van der Waals surface area contributed by atoms with Crippen LogP contribution in [-0.2, 0) is 10.8 Å². The monoisotopic (exact) mass is 588 g/mol. The molecule has 0 amide bonds. The van der Waals surface area contributed by atoms with Gasteiger partial charge in [0.05, 0.1) is 0 Å². The van der Waals surface area contributed by atoms with Crippen molar-refractivity contribution >= 4 is 11.4 Å². The van der Waals surface area contributed by atoms with E-state index in [0.717, 1.165) is 81.0 Å². The quantitative estimate of drug-likeness (QED) is 0.281. The Balaban J connectivity index is 1.25. The second kappa shape index (κ2) is 9.68. The number of nitrogen functional groups attached to an aromatic ring is 2. The van der Waals surface area contributed by atoms with Crippen molar-refractivity contribution in [3.05, 3.63) is 70.8 Å². The van der Waals surface area contributed by atoms with Crippen LogP contribution in [0.2, 0.25) is 0 Å². The molecule has 0 aliphatic heterocycles. The van der Waals surface area contributed by atoms with Gasteiger partial charge in [-0.1, -0.05) is 12.1 Å². The molecule has 0 unspecified atom stereocenters. The van der Waals surface area contributed by atoms with Gasteiger partial charge in [0.25, 0.3) is 0 Å². The minimum absolute atomic E-state index is 0.154. The van der Waals surface area contributed by atoms with Crippen molar-refractivity contribution < 1.29 is 9.47 Å². The normalized spacial score (nSPS) is 36.1. The molecule has 8 bridgehead atoms. The van der Waals surface area contributed by atoms with Crippen LogP contribution in [0, 0.1) is 49.4 Å². The SMILES string of the molecule is Cc1ccc(N)cc1Oc1cc(C23CC4CC(CC(C4)C2)C3)c(Oc2cc(N)ccc2C)cc1C12CC3CC(CC(C3)C1)C2. The zero-order chi connectivity index (χ0) is 29.8. The zero-order valence-corrected chi connectivity index (χ0v) is 26.5. The molecule has 3 aromatic carbocycles. The van der Waals surface area contributed by atoms with Crippen LogP contribution in [0.4, 0.5) is 11.4 Å². The average molecular weight is 589 g/mol. The number of rotatable bonds is 6. The van der Waals surface area contributed by atoms with Gasteiger partial charge in [0, 0.05) is 34.6 Å². The Hall–Kier alpha value is -3.14. The fourth-order valence-corrected chi connectivity index (χ4v) is 12.1. The van der Waals surface area contributed by atoms with Crippen molar-refractivity contribution in [1.82, 2.24) is 0 Å². The van der Waals surface area contributed by atoms with Gasteiger partial charge in [-0.15, -0.1) is 0 Å². The van der Waals surface area contributed by atoms with Crippen LogP contribution in [0.5, 0.6) is 23.0 Å². The number of anilines is 2. The third-order valence-corrected chi connectivity index (χ3v) is 13.2. The summed E-state index contributed by atoms with van der Waals surface area (Å²) in [5, 5.41) is 0. The van der Waals surface area contributed by atoms with Crippen molar-refractivity contribution in [2.75, 3.05) is 11.5 Å². The van der Waals surface area contributed by atoms with E-state index in [2.05, 4.69) is 38.1 Å². The summed E-state index contributed by atoms with van der Waals surface area (Å²) < 4.78 is 14.2. The fourth-order valence-electron chi connectivity index (χ4n) is 12.1. The van der Waals surface area contributed by atoms with Crippen LogP contribution in [0.3, 0.4) is 0 Å². The first-order valence-electron chi connectivity index (χ1n) is 17.5. The van der Waals surface area contributed by atoms with Crippen LogP contribution in [0.1, 0.15) is 99.3 Å². The number of hydrogen-bond donors (Lipinski definition) is 2.